The molecule has 3 rings (SSSR count). The maximum Gasteiger partial charge on any atom is 0.308 e. The van der Waals surface area contributed by atoms with Crippen molar-refractivity contribution >= 4 is 22.6 Å². The number of anilines is 1. The molecule has 0 saturated heterocycles. The molecule has 0 aromatic carbocycles. The molecular weight excluding hydrogens is 226 g/mol. The monoisotopic (exact) mass is 239 g/mol. The number of carboxylic acids is 1. The summed E-state index contributed by atoms with van der Waals surface area (Å²) in [4.78, 5) is 15.3. The van der Waals surface area contributed by atoms with Crippen LogP contribution in [0, 0.1) is 17.8 Å². The zero-order valence-corrected chi connectivity index (χ0v) is 9.48. The van der Waals surface area contributed by atoms with Gasteiger partial charge in [0, 0.05) is 17.6 Å². The van der Waals surface area contributed by atoms with Crippen LogP contribution in [0.3, 0.4) is 0 Å². The lowest BCUT2D eigenvalue weighted by Gasteiger charge is -2.28. The number of aromatic nitrogens is 2. The van der Waals surface area contributed by atoms with E-state index in [1.165, 1.54) is 17.9 Å². The Bertz CT molecular complexity index is 395. The molecule has 0 amide bonds. The highest BCUT2D eigenvalue weighted by molar-refractivity contribution is 7.09. The van der Waals surface area contributed by atoms with Gasteiger partial charge in [0.05, 0.1) is 5.92 Å². The summed E-state index contributed by atoms with van der Waals surface area (Å²) in [6, 6.07) is 0.0456. The molecule has 0 radical (unpaired) electrons. The Kier molecular flexibility index (Phi) is 2.31. The van der Waals surface area contributed by atoms with E-state index in [-0.39, 0.29) is 12.0 Å². The molecule has 1 heterocycles. The second-order valence-corrected chi connectivity index (χ2v) is 5.39. The fourth-order valence-corrected chi connectivity index (χ4v) is 3.71. The van der Waals surface area contributed by atoms with Crippen LogP contribution in [-0.2, 0) is 4.79 Å². The largest absolute Gasteiger partial charge is 0.481 e. The van der Waals surface area contributed by atoms with E-state index in [2.05, 4.69) is 14.7 Å². The minimum Gasteiger partial charge on any atom is -0.481 e. The Morgan fingerprint density at radius 3 is 3.00 bits per heavy atom. The number of fused-ring (bicyclic) bond motifs is 2. The summed E-state index contributed by atoms with van der Waals surface area (Å²) < 4.78 is 3.92. The first kappa shape index (κ1) is 10.0. The van der Waals surface area contributed by atoms with Gasteiger partial charge in [-0.25, -0.2) is 4.98 Å². The molecule has 4 atom stereocenters. The van der Waals surface area contributed by atoms with Gasteiger partial charge in [0.2, 0.25) is 5.13 Å². The lowest BCUT2D eigenvalue weighted by Crippen LogP contribution is -2.39. The quantitative estimate of drug-likeness (QED) is 0.835. The summed E-state index contributed by atoms with van der Waals surface area (Å²) in [5, 5.41) is 13.2. The van der Waals surface area contributed by atoms with Crippen LogP contribution in [0.5, 0.6) is 0 Å². The van der Waals surface area contributed by atoms with Crippen LogP contribution in [-0.4, -0.2) is 26.5 Å². The topological polar surface area (TPSA) is 75.1 Å². The van der Waals surface area contributed by atoms with Crippen molar-refractivity contribution in [3.05, 3.63) is 6.33 Å². The maximum absolute atomic E-state index is 11.3. The van der Waals surface area contributed by atoms with Gasteiger partial charge in [0.1, 0.15) is 6.33 Å². The zero-order chi connectivity index (χ0) is 11.1. The number of hydrogen-bond donors (Lipinski definition) is 2. The van der Waals surface area contributed by atoms with Crippen molar-refractivity contribution in [1.29, 1.82) is 0 Å². The van der Waals surface area contributed by atoms with Gasteiger partial charge in [0.25, 0.3) is 0 Å². The van der Waals surface area contributed by atoms with E-state index in [1.807, 2.05) is 0 Å². The van der Waals surface area contributed by atoms with Crippen molar-refractivity contribution in [3.8, 4) is 0 Å². The van der Waals surface area contributed by atoms with Gasteiger partial charge >= 0.3 is 5.97 Å². The Labute approximate surface area is 97.1 Å². The highest BCUT2D eigenvalue weighted by Gasteiger charge is 2.51. The van der Waals surface area contributed by atoms with Crippen molar-refractivity contribution in [3.63, 3.8) is 0 Å². The second-order valence-electron chi connectivity index (χ2n) is 4.61. The molecule has 2 saturated carbocycles. The molecule has 2 N–H and O–H groups in total. The molecule has 0 spiro atoms. The second kappa shape index (κ2) is 3.69. The third-order valence-corrected chi connectivity index (χ3v) is 4.45. The number of aliphatic carboxylic acids is 1. The van der Waals surface area contributed by atoms with Crippen LogP contribution in [0.1, 0.15) is 19.3 Å². The van der Waals surface area contributed by atoms with E-state index in [0.29, 0.717) is 11.8 Å². The first-order valence-electron chi connectivity index (χ1n) is 5.51. The molecule has 5 nitrogen and oxygen atoms in total. The highest BCUT2D eigenvalue weighted by atomic mass is 32.1. The average molecular weight is 239 g/mol. The molecule has 2 bridgehead atoms. The third-order valence-electron chi connectivity index (χ3n) is 3.85. The molecule has 16 heavy (non-hydrogen) atoms. The molecule has 4 unspecified atom stereocenters. The van der Waals surface area contributed by atoms with Gasteiger partial charge in [-0.1, -0.05) is 0 Å². The molecule has 6 heteroatoms. The lowest BCUT2D eigenvalue weighted by atomic mass is 9.84. The number of nitrogens with zero attached hydrogens (tertiary/aromatic N) is 2. The van der Waals surface area contributed by atoms with E-state index >= 15 is 0 Å². The summed E-state index contributed by atoms with van der Waals surface area (Å²) in [6.45, 7) is 0. The molecule has 86 valence electrons. The van der Waals surface area contributed by atoms with Crippen molar-refractivity contribution in [2.75, 3.05) is 5.32 Å². The van der Waals surface area contributed by atoms with Crippen LogP contribution in [0.4, 0.5) is 5.13 Å². The first-order chi connectivity index (χ1) is 7.75. The average Bonchev–Trinajstić information content (AvgIpc) is 2.90. The van der Waals surface area contributed by atoms with E-state index < -0.39 is 5.97 Å². The van der Waals surface area contributed by atoms with E-state index in [9.17, 15) is 9.90 Å². The summed E-state index contributed by atoms with van der Waals surface area (Å²) in [5.41, 5.74) is 0. The molecule has 1 aromatic rings. The van der Waals surface area contributed by atoms with Gasteiger partial charge in [-0.15, -0.1) is 0 Å². The number of hydrogen-bond acceptors (Lipinski definition) is 5. The Balaban J connectivity index is 1.80. The summed E-state index contributed by atoms with van der Waals surface area (Å²) in [7, 11) is 0. The zero-order valence-electron chi connectivity index (χ0n) is 8.67. The van der Waals surface area contributed by atoms with Crippen molar-refractivity contribution < 1.29 is 9.90 Å². The summed E-state index contributed by atoms with van der Waals surface area (Å²) in [5.74, 6) is -0.0696. The third kappa shape index (κ3) is 1.48. The van der Waals surface area contributed by atoms with Crippen molar-refractivity contribution in [2.45, 2.75) is 25.3 Å². The predicted molar refractivity (Wildman–Crippen MR) is 59.3 cm³/mol. The van der Waals surface area contributed by atoms with Gasteiger partial charge in [0.15, 0.2) is 0 Å². The maximum atomic E-state index is 11.3. The Morgan fingerprint density at radius 2 is 2.31 bits per heavy atom. The smallest absolute Gasteiger partial charge is 0.308 e. The minimum absolute atomic E-state index is 0.0456. The SMILES string of the molecule is O=C(O)C1C2CCC(C2)C1Nc1ncns1. The minimum atomic E-state index is -0.672. The summed E-state index contributed by atoms with van der Waals surface area (Å²) >= 11 is 1.29. The standard InChI is InChI=1S/C10H13N3O2S/c14-9(15)7-5-1-2-6(3-5)8(7)13-10-11-4-12-16-10/h4-8H,1-3H2,(H,14,15)(H,11,12,13). The van der Waals surface area contributed by atoms with Gasteiger partial charge in [-0.05, 0) is 31.1 Å². The molecule has 2 fully saturated rings. The fourth-order valence-electron chi connectivity index (χ4n) is 3.23. The van der Waals surface area contributed by atoms with E-state index in [1.54, 1.807) is 0 Å². The highest BCUT2D eigenvalue weighted by Crippen LogP contribution is 2.49. The van der Waals surface area contributed by atoms with Gasteiger partial charge < -0.3 is 10.4 Å². The van der Waals surface area contributed by atoms with Crippen molar-refractivity contribution in [1.82, 2.24) is 9.36 Å². The number of carbonyl (C=O) groups is 1. The Morgan fingerprint density at radius 1 is 1.50 bits per heavy atom. The van der Waals surface area contributed by atoms with Crippen LogP contribution in [0.15, 0.2) is 6.33 Å². The van der Waals surface area contributed by atoms with Crippen LogP contribution >= 0.6 is 11.5 Å². The molecular formula is C10H13N3O2S. The van der Waals surface area contributed by atoms with Crippen LogP contribution in [0.2, 0.25) is 0 Å². The van der Waals surface area contributed by atoms with Crippen molar-refractivity contribution in [2.24, 2.45) is 17.8 Å². The molecule has 1 aromatic heterocycles. The molecule has 2 aliphatic rings. The Hall–Kier alpha value is -1.17. The lowest BCUT2D eigenvalue weighted by molar-refractivity contribution is -0.143. The summed E-state index contributed by atoms with van der Waals surface area (Å²) in [6.07, 6.45) is 4.75. The number of carboxylic acid groups (broad SMARTS) is 1. The van der Waals surface area contributed by atoms with Gasteiger partial charge in [-0.2, -0.15) is 4.37 Å². The number of rotatable bonds is 3. The molecule has 0 aliphatic heterocycles. The molecule has 2 aliphatic carbocycles. The predicted octanol–water partition coefficient (Wildman–Crippen LogP) is 1.45. The first-order valence-corrected chi connectivity index (χ1v) is 6.29. The van der Waals surface area contributed by atoms with Crippen LogP contribution in [0.25, 0.3) is 0 Å². The van der Waals surface area contributed by atoms with E-state index in [4.69, 9.17) is 0 Å². The normalized spacial score (nSPS) is 36.5. The van der Waals surface area contributed by atoms with Gasteiger partial charge in [-0.3, -0.25) is 4.79 Å². The number of nitrogens with one attached hydrogen (secondary N) is 1. The van der Waals surface area contributed by atoms with E-state index in [0.717, 1.165) is 24.4 Å². The fraction of sp³-hybridized carbons (Fsp3) is 0.700. The van der Waals surface area contributed by atoms with Crippen LogP contribution < -0.4 is 5.32 Å².